The van der Waals surface area contributed by atoms with Crippen molar-refractivity contribution >= 4 is 16.1 Å². The number of rotatable bonds is 9. The Hall–Kier alpha value is -0.920. The van der Waals surface area contributed by atoms with Gasteiger partial charge in [-0.05, 0) is 6.92 Å². The smallest absolute Gasteiger partial charge is 0.330 e. The summed E-state index contributed by atoms with van der Waals surface area (Å²) in [5.41, 5.74) is 0. The predicted molar refractivity (Wildman–Crippen MR) is 68.6 cm³/mol. The average Bonchev–Trinajstić information content (AvgIpc) is 2.27. The van der Waals surface area contributed by atoms with E-state index in [1.165, 1.54) is 0 Å². The second-order valence-corrected chi connectivity index (χ2v) is 5.97. The number of hydrogen-bond acceptors (Lipinski definition) is 4. The van der Waals surface area contributed by atoms with E-state index < -0.39 is 16.1 Å². The Morgan fingerprint density at radius 1 is 1.44 bits per heavy atom. The minimum Gasteiger partial charge on any atom is -0.457 e. The first kappa shape index (κ1) is 17.1. The number of quaternary nitrogens is 1. The molecule has 1 unspecified atom stereocenters. The van der Waals surface area contributed by atoms with Gasteiger partial charge in [0.2, 0.25) is 0 Å². The van der Waals surface area contributed by atoms with Gasteiger partial charge in [-0.1, -0.05) is 6.58 Å². The maximum atomic E-state index is 10.9. The third kappa shape index (κ3) is 8.21. The molecule has 0 aromatic carbocycles. The van der Waals surface area contributed by atoms with Crippen molar-refractivity contribution < 1.29 is 27.0 Å². The van der Waals surface area contributed by atoms with Crippen LogP contribution >= 0.6 is 0 Å². The zero-order valence-corrected chi connectivity index (χ0v) is 11.8. The molecule has 0 fully saturated rings. The van der Waals surface area contributed by atoms with Gasteiger partial charge in [0.25, 0.3) is 10.1 Å². The highest BCUT2D eigenvalue weighted by Gasteiger charge is 2.20. The minimum absolute atomic E-state index is 0.243. The van der Waals surface area contributed by atoms with E-state index >= 15 is 0 Å². The number of esters is 1. The second-order valence-electron chi connectivity index (χ2n) is 4.39. The summed E-state index contributed by atoms with van der Waals surface area (Å²) in [6.07, 6.45) is 1.48. The Kier molecular flexibility index (Phi) is 7.12. The van der Waals surface area contributed by atoms with Crippen molar-refractivity contribution in [1.29, 1.82) is 0 Å². The third-order valence-electron chi connectivity index (χ3n) is 2.91. The molecule has 18 heavy (non-hydrogen) atoms. The summed E-state index contributed by atoms with van der Waals surface area (Å²) in [4.78, 5) is 10.9. The molecule has 0 aliphatic heterocycles. The number of carbonyl (C=O) groups excluding carboxylic acids is 1. The summed E-state index contributed by atoms with van der Waals surface area (Å²) in [5, 5.41) is 0. The van der Waals surface area contributed by atoms with Crippen molar-refractivity contribution in [2.24, 2.45) is 0 Å². The fourth-order valence-electron chi connectivity index (χ4n) is 1.48. The van der Waals surface area contributed by atoms with E-state index in [1.807, 2.05) is 14.0 Å². The van der Waals surface area contributed by atoms with Gasteiger partial charge in [0.05, 0.1) is 25.9 Å². The maximum Gasteiger partial charge on any atom is 0.330 e. The second kappa shape index (κ2) is 7.50. The van der Waals surface area contributed by atoms with Crippen LogP contribution in [-0.2, 0) is 19.6 Å². The molecule has 7 heteroatoms. The van der Waals surface area contributed by atoms with E-state index in [4.69, 9.17) is 9.29 Å². The van der Waals surface area contributed by atoms with Gasteiger partial charge < -0.3 is 9.22 Å². The maximum absolute atomic E-state index is 10.9. The van der Waals surface area contributed by atoms with E-state index in [9.17, 15) is 13.2 Å². The van der Waals surface area contributed by atoms with Crippen LogP contribution in [0, 0.1) is 0 Å². The van der Waals surface area contributed by atoms with Crippen molar-refractivity contribution in [2.75, 3.05) is 39.0 Å². The van der Waals surface area contributed by atoms with Crippen LogP contribution in [0.2, 0.25) is 0 Å². The summed E-state index contributed by atoms with van der Waals surface area (Å²) in [7, 11) is -1.95. The Morgan fingerprint density at radius 2 is 2.06 bits per heavy atom. The summed E-state index contributed by atoms with van der Waals surface area (Å²) < 4.78 is 35.4. The van der Waals surface area contributed by atoms with E-state index in [0.717, 1.165) is 12.6 Å². The van der Waals surface area contributed by atoms with Crippen molar-refractivity contribution in [3.05, 3.63) is 12.7 Å². The third-order valence-corrected chi connectivity index (χ3v) is 3.71. The summed E-state index contributed by atoms with van der Waals surface area (Å²) in [6, 6.07) is 0. The van der Waals surface area contributed by atoms with Crippen LogP contribution in [-0.4, -0.2) is 62.5 Å². The van der Waals surface area contributed by atoms with Crippen molar-refractivity contribution in [3.63, 3.8) is 0 Å². The molecule has 1 N–H and O–H groups in total. The molecular formula is C11H22NO5S+. The van der Waals surface area contributed by atoms with Crippen molar-refractivity contribution in [3.8, 4) is 0 Å². The zero-order valence-electron chi connectivity index (χ0n) is 11.0. The Balaban J connectivity index is 4.10. The van der Waals surface area contributed by atoms with Gasteiger partial charge >= 0.3 is 5.97 Å². The monoisotopic (exact) mass is 280 g/mol. The number of likely N-dealkylation sites (N-methyl/N-ethyl adjacent to an activating group) is 1. The number of carbonyl (C=O) groups is 1. The van der Waals surface area contributed by atoms with Gasteiger partial charge in [0, 0.05) is 12.5 Å². The molecule has 0 heterocycles. The molecule has 0 aromatic heterocycles. The van der Waals surface area contributed by atoms with Crippen LogP contribution in [0.15, 0.2) is 12.7 Å². The van der Waals surface area contributed by atoms with Crippen LogP contribution in [0.3, 0.4) is 0 Å². The molecule has 0 radical (unpaired) electrons. The van der Waals surface area contributed by atoms with E-state index in [0.29, 0.717) is 24.0 Å². The molecule has 0 amide bonds. The molecule has 106 valence electrons. The van der Waals surface area contributed by atoms with Gasteiger partial charge in [-0.15, -0.1) is 0 Å². The Labute approximate surface area is 109 Å². The van der Waals surface area contributed by atoms with Crippen molar-refractivity contribution in [1.82, 2.24) is 0 Å². The van der Waals surface area contributed by atoms with E-state index in [-0.39, 0.29) is 12.4 Å². The zero-order chi connectivity index (χ0) is 14.2. The molecule has 1 atom stereocenters. The molecule has 0 aromatic rings. The Bertz CT molecular complexity index is 379. The topological polar surface area (TPSA) is 80.7 Å². The molecule has 0 aliphatic rings. The van der Waals surface area contributed by atoms with Crippen LogP contribution in [0.5, 0.6) is 0 Å². The number of hydrogen-bond donors (Lipinski definition) is 1. The van der Waals surface area contributed by atoms with E-state index in [1.54, 1.807) is 0 Å². The van der Waals surface area contributed by atoms with Crippen molar-refractivity contribution in [2.45, 2.75) is 13.3 Å². The van der Waals surface area contributed by atoms with E-state index in [2.05, 4.69) is 6.58 Å². The lowest BCUT2D eigenvalue weighted by molar-refractivity contribution is -0.908. The van der Waals surface area contributed by atoms with Gasteiger partial charge in [0.15, 0.2) is 0 Å². The normalized spacial score (nSPS) is 14.8. The van der Waals surface area contributed by atoms with Crippen LogP contribution in [0.25, 0.3) is 0 Å². The summed E-state index contributed by atoms with van der Waals surface area (Å²) in [5.74, 6) is -0.705. The first-order valence-corrected chi connectivity index (χ1v) is 7.41. The largest absolute Gasteiger partial charge is 0.457 e. The lowest BCUT2D eigenvalue weighted by Gasteiger charge is -2.33. The lowest BCUT2D eigenvalue weighted by Crippen LogP contribution is -2.47. The molecule has 0 spiro atoms. The van der Waals surface area contributed by atoms with Gasteiger partial charge in [-0.2, -0.15) is 8.42 Å². The average molecular weight is 280 g/mol. The van der Waals surface area contributed by atoms with Crippen LogP contribution < -0.4 is 0 Å². The highest BCUT2D eigenvalue weighted by atomic mass is 32.2. The highest BCUT2D eigenvalue weighted by molar-refractivity contribution is 7.85. The lowest BCUT2D eigenvalue weighted by atomic mass is 10.3. The first-order chi connectivity index (χ1) is 8.22. The predicted octanol–water partition coefficient (Wildman–Crippen LogP) is 0.460. The molecule has 0 saturated carbocycles. The summed E-state index contributed by atoms with van der Waals surface area (Å²) >= 11 is 0. The standard InChI is InChI=1S/C11H21NO5S/c1-4-11(13)17-9-8-12(3,5-2)7-6-10-18(14,15)16/h4H,1,5-10H2,2-3H3/p+1. The van der Waals surface area contributed by atoms with Gasteiger partial charge in [-0.3, -0.25) is 4.55 Å². The van der Waals surface area contributed by atoms with Gasteiger partial charge in [-0.25, -0.2) is 4.79 Å². The Morgan fingerprint density at radius 3 is 2.50 bits per heavy atom. The quantitative estimate of drug-likeness (QED) is 0.287. The number of ether oxygens (including phenoxy) is 1. The fourth-order valence-corrected chi connectivity index (χ4v) is 1.98. The van der Waals surface area contributed by atoms with Crippen LogP contribution in [0.4, 0.5) is 0 Å². The minimum atomic E-state index is -3.90. The number of nitrogens with zero attached hydrogens (tertiary/aromatic N) is 1. The summed E-state index contributed by atoms with van der Waals surface area (Å²) in [6.45, 7) is 7.52. The SMILES string of the molecule is C=CC(=O)OCC[N+](C)(CC)CCCS(=O)(=O)O. The van der Waals surface area contributed by atoms with Gasteiger partial charge in [0.1, 0.15) is 13.2 Å². The fraction of sp³-hybridized carbons (Fsp3) is 0.727. The molecular weight excluding hydrogens is 258 g/mol. The highest BCUT2D eigenvalue weighted by Crippen LogP contribution is 2.05. The molecule has 0 rings (SSSR count). The van der Waals surface area contributed by atoms with Crippen LogP contribution in [0.1, 0.15) is 13.3 Å². The molecule has 6 nitrogen and oxygen atoms in total. The molecule has 0 bridgehead atoms. The first-order valence-electron chi connectivity index (χ1n) is 5.80. The molecule has 0 saturated heterocycles. The molecule has 0 aliphatic carbocycles.